The molecule has 178 valence electrons. The lowest BCUT2D eigenvalue weighted by atomic mass is 9.84. The van der Waals surface area contributed by atoms with E-state index in [0.717, 1.165) is 69.1 Å². The van der Waals surface area contributed by atoms with Gasteiger partial charge < -0.3 is 14.6 Å². The second-order valence-corrected chi connectivity index (χ2v) is 8.94. The average Bonchev–Trinajstić information content (AvgIpc) is 3.53. The molecule has 8 nitrogen and oxygen atoms in total. The zero-order valence-electron chi connectivity index (χ0n) is 18.3. The number of amides is 1. The zero-order chi connectivity index (χ0) is 23.8. The third kappa shape index (κ3) is 4.87. The van der Waals surface area contributed by atoms with Gasteiger partial charge in [-0.25, -0.2) is 4.79 Å². The second-order valence-electron chi connectivity index (χ2n) is 8.94. The minimum absolute atomic E-state index is 0.0165. The first-order valence-corrected chi connectivity index (χ1v) is 10.9. The Hall–Kier alpha value is -2.95. The number of carboxylic acids is 1. The number of aliphatic carboxylic acids is 1. The quantitative estimate of drug-likeness (QED) is 0.734. The summed E-state index contributed by atoms with van der Waals surface area (Å²) in [6.45, 7) is 3.50. The molecule has 2 fully saturated rings. The molecule has 1 aromatic carbocycles. The van der Waals surface area contributed by atoms with Crippen molar-refractivity contribution in [2.45, 2.75) is 43.9 Å². The lowest BCUT2D eigenvalue weighted by Crippen LogP contribution is -2.56. The second kappa shape index (κ2) is 8.77. The van der Waals surface area contributed by atoms with Gasteiger partial charge in [0, 0.05) is 31.1 Å². The van der Waals surface area contributed by atoms with Crippen molar-refractivity contribution in [2.24, 2.45) is 5.92 Å². The van der Waals surface area contributed by atoms with Crippen LogP contribution in [-0.4, -0.2) is 74.4 Å². The van der Waals surface area contributed by atoms with Crippen LogP contribution in [0.5, 0.6) is 0 Å². The van der Waals surface area contributed by atoms with E-state index in [2.05, 4.69) is 55.9 Å². The van der Waals surface area contributed by atoms with E-state index in [1.54, 1.807) is 0 Å². The molecule has 5 rings (SSSR count). The van der Waals surface area contributed by atoms with Crippen molar-refractivity contribution < 1.29 is 27.9 Å². The molecule has 0 radical (unpaired) electrons. The van der Waals surface area contributed by atoms with E-state index in [1.165, 1.54) is 0 Å². The number of carbonyl (C=O) groups excluding carboxylic acids is 1. The summed E-state index contributed by atoms with van der Waals surface area (Å²) in [6, 6.07) is 10.3. The fourth-order valence-electron chi connectivity index (χ4n) is 4.68. The van der Waals surface area contributed by atoms with E-state index in [0.29, 0.717) is 11.8 Å². The number of likely N-dealkylation sites (N-methyl/N-ethyl adjacent to an activating group) is 1. The lowest BCUT2D eigenvalue weighted by Gasteiger charge is -2.48. The van der Waals surface area contributed by atoms with Crippen LogP contribution >= 0.6 is 0 Å². The molecule has 0 atom stereocenters. The van der Waals surface area contributed by atoms with Gasteiger partial charge in [-0.2, -0.15) is 13.2 Å². The van der Waals surface area contributed by atoms with E-state index >= 15 is 0 Å². The highest BCUT2D eigenvalue weighted by molar-refractivity contribution is 5.81. The Morgan fingerprint density at radius 1 is 1.09 bits per heavy atom. The maximum Gasteiger partial charge on any atom is 0.490 e. The highest BCUT2D eigenvalue weighted by Gasteiger charge is 2.45. The van der Waals surface area contributed by atoms with Crippen LogP contribution in [0.25, 0.3) is 11.4 Å². The smallest absolute Gasteiger partial charge is 0.475 e. The lowest BCUT2D eigenvalue weighted by molar-refractivity contribution is -0.192. The molecule has 1 amide bonds. The van der Waals surface area contributed by atoms with Crippen LogP contribution < -0.4 is 0 Å². The van der Waals surface area contributed by atoms with Crippen molar-refractivity contribution in [1.29, 1.82) is 0 Å². The minimum atomic E-state index is -5.08. The summed E-state index contributed by atoms with van der Waals surface area (Å²) < 4.78 is 34.1. The number of hydrogen-bond donors (Lipinski definition) is 1. The Kier molecular flexibility index (Phi) is 6.17. The number of likely N-dealkylation sites (tertiary alicyclic amines) is 1. The molecule has 1 aliphatic carbocycles. The van der Waals surface area contributed by atoms with Crippen LogP contribution in [0.1, 0.15) is 31.5 Å². The number of hydrogen-bond acceptors (Lipinski definition) is 5. The summed E-state index contributed by atoms with van der Waals surface area (Å²) in [5, 5.41) is 16.2. The number of piperidine rings is 1. The fourth-order valence-corrected chi connectivity index (χ4v) is 4.68. The number of halogens is 3. The highest BCUT2D eigenvalue weighted by Crippen LogP contribution is 2.40. The van der Waals surface area contributed by atoms with Gasteiger partial charge in [0.25, 0.3) is 0 Å². The molecule has 0 unspecified atom stereocenters. The third-order valence-electron chi connectivity index (χ3n) is 6.39. The molecular formula is C22H26F3N5O3. The zero-order valence-corrected chi connectivity index (χ0v) is 18.3. The number of carboxylic acid groups (broad SMARTS) is 1. The first-order valence-electron chi connectivity index (χ1n) is 10.9. The Morgan fingerprint density at radius 3 is 2.24 bits per heavy atom. The van der Waals surface area contributed by atoms with Gasteiger partial charge >= 0.3 is 12.1 Å². The Bertz CT molecular complexity index is 1010. The molecule has 1 saturated heterocycles. The van der Waals surface area contributed by atoms with Crippen molar-refractivity contribution in [3.05, 3.63) is 36.2 Å². The van der Waals surface area contributed by atoms with E-state index in [4.69, 9.17) is 9.90 Å². The Morgan fingerprint density at radius 2 is 1.70 bits per heavy atom. The summed E-state index contributed by atoms with van der Waals surface area (Å²) in [4.78, 5) is 25.8. The van der Waals surface area contributed by atoms with Gasteiger partial charge in [0.1, 0.15) is 5.82 Å². The fraction of sp³-hybridized carbons (Fsp3) is 0.545. The number of benzene rings is 1. The first-order chi connectivity index (χ1) is 15.6. The summed E-state index contributed by atoms with van der Waals surface area (Å²) in [6.07, 6.45) is -0.977. The SMILES string of the molecule is CN1Cc2nnc(-c3ccccc3)n2C2(CCN(C(=O)C3CC3)CC2)C1.O=C(O)C(F)(F)F. The van der Waals surface area contributed by atoms with Crippen LogP contribution in [0, 0.1) is 5.92 Å². The number of carbonyl (C=O) groups is 2. The van der Waals surface area contributed by atoms with Crippen LogP contribution in [0.15, 0.2) is 30.3 Å². The molecule has 33 heavy (non-hydrogen) atoms. The molecule has 11 heteroatoms. The van der Waals surface area contributed by atoms with Crippen LogP contribution in [0.3, 0.4) is 0 Å². The summed E-state index contributed by atoms with van der Waals surface area (Å²) >= 11 is 0. The first kappa shape index (κ1) is 23.2. The molecular weight excluding hydrogens is 439 g/mol. The maximum atomic E-state index is 12.5. The van der Waals surface area contributed by atoms with Crippen LogP contribution in [0.2, 0.25) is 0 Å². The van der Waals surface area contributed by atoms with Crippen molar-refractivity contribution >= 4 is 11.9 Å². The largest absolute Gasteiger partial charge is 0.490 e. The number of nitrogens with zero attached hydrogens (tertiary/aromatic N) is 5. The van der Waals surface area contributed by atoms with Crippen molar-refractivity contribution in [2.75, 3.05) is 26.7 Å². The monoisotopic (exact) mass is 465 g/mol. The predicted octanol–water partition coefficient (Wildman–Crippen LogP) is 2.75. The highest BCUT2D eigenvalue weighted by atomic mass is 19.4. The van der Waals surface area contributed by atoms with E-state index < -0.39 is 12.1 Å². The summed E-state index contributed by atoms with van der Waals surface area (Å²) in [7, 11) is 2.16. The molecule has 3 heterocycles. The van der Waals surface area contributed by atoms with Crippen molar-refractivity contribution in [1.82, 2.24) is 24.6 Å². The average molecular weight is 465 g/mol. The number of rotatable bonds is 2. The molecule has 1 N–H and O–H groups in total. The molecule has 1 saturated carbocycles. The molecule has 1 spiro atoms. The molecule has 2 aromatic rings. The van der Waals surface area contributed by atoms with Crippen molar-refractivity contribution in [3.8, 4) is 11.4 Å². The van der Waals surface area contributed by atoms with Gasteiger partial charge in [-0.15, -0.1) is 10.2 Å². The molecule has 2 aliphatic heterocycles. The van der Waals surface area contributed by atoms with E-state index in [-0.39, 0.29) is 5.54 Å². The number of alkyl halides is 3. The summed E-state index contributed by atoms with van der Waals surface area (Å²) in [5.41, 5.74) is 1.10. The van der Waals surface area contributed by atoms with Gasteiger partial charge in [0.15, 0.2) is 5.82 Å². The standard InChI is InChI=1S/C20H25N5O.C2HF3O2/c1-23-13-17-21-22-18(15-5-3-2-4-6-15)25(17)20(14-23)9-11-24(12-10-20)19(26)16-7-8-16;3-2(4,5)1(6)7/h2-6,16H,7-14H2,1H3;(H,6,7). The maximum absolute atomic E-state index is 12.5. The van der Waals surface area contributed by atoms with Gasteiger partial charge in [0.05, 0.1) is 12.1 Å². The predicted molar refractivity (Wildman–Crippen MR) is 112 cm³/mol. The molecule has 1 aromatic heterocycles. The van der Waals surface area contributed by atoms with E-state index in [9.17, 15) is 18.0 Å². The normalized spacial score (nSPS) is 20.1. The Labute approximate surface area is 189 Å². The van der Waals surface area contributed by atoms with Crippen LogP contribution in [0.4, 0.5) is 13.2 Å². The topological polar surface area (TPSA) is 91.6 Å². The van der Waals surface area contributed by atoms with Crippen LogP contribution in [-0.2, 0) is 21.7 Å². The van der Waals surface area contributed by atoms with Gasteiger partial charge in [-0.1, -0.05) is 30.3 Å². The van der Waals surface area contributed by atoms with E-state index in [1.807, 2.05) is 6.07 Å². The Balaban J connectivity index is 0.000000325. The van der Waals surface area contributed by atoms with Gasteiger partial charge in [0.2, 0.25) is 5.91 Å². The molecule has 0 bridgehead atoms. The van der Waals surface area contributed by atoms with Gasteiger partial charge in [-0.3, -0.25) is 9.69 Å². The number of fused-ring (bicyclic) bond motifs is 2. The third-order valence-corrected chi connectivity index (χ3v) is 6.39. The van der Waals surface area contributed by atoms with Crippen molar-refractivity contribution in [3.63, 3.8) is 0 Å². The van der Waals surface area contributed by atoms with Gasteiger partial charge in [-0.05, 0) is 32.7 Å². The molecule has 3 aliphatic rings. The summed E-state index contributed by atoms with van der Waals surface area (Å²) in [5.74, 6) is -0.0672. The number of aromatic nitrogens is 3. The minimum Gasteiger partial charge on any atom is -0.475 e.